The third kappa shape index (κ3) is 4.83. The van der Waals surface area contributed by atoms with E-state index in [2.05, 4.69) is 35.3 Å². The summed E-state index contributed by atoms with van der Waals surface area (Å²) in [6, 6.07) is 15.4. The molecule has 0 spiro atoms. The molecule has 0 aliphatic carbocycles. The second-order valence-corrected chi connectivity index (χ2v) is 7.04. The zero-order chi connectivity index (χ0) is 17.6. The lowest BCUT2D eigenvalue weighted by atomic mass is 9.98. The first-order chi connectivity index (χ1) is 12.1. The summed E-state index contributed by atoms with van der Waals surface area (Å²) >= 11 is 0. The summed E-state index contributed by atoms with van der Waals surface area (Å²) in [6.45, 7) is 6.14. The molecule has 132 valence electrons. The van der Waals surface area contributed by atoms with E-state index < -0.39 is 0 Å². The molecule has 4 nitrogen and oxygen atoms in total. The van der Waals surface area contributed by atoms with E-state index >= 15 is 0 Å². The van der Waals surface area contributed by atoms with Crippen LogP contribution in [-0.4, -0.2) is 23.9 Å². The van der Waals surface area contributed by atoms with Crippen molar-refractivity contribution in [3.63, 3.8) is 0 Å². The maximum atomic E-state index is 12.3. The first kappa shape index (κ1) is 17.5. The maximum absolute atomic E-state index is 12.3. The molecule has 1 aliphatic rings. The van der Waals surface area contributed by atoms with Crippen LogP contribution in [0, 0.1) is 5.92 Å². The predicted octanol–water partition coefficient (Wildman–Crippen LogP) is 3.43. The molecular formula is C21H27N3O. The van der Waals surface area contributed by atoms with Crippen molar-refractivity contribution in [2.75, 3.05) is 18.8 Å². The second-order valence-electron chi connectivity index (χ2n) is 7.04. The highest BCUT2D eigenvalue weighted by Gasteiger charge is 2.17. The van der Waals surface area contributed by atoms with E-state index in [1.807, 2.05) is 6.07 Å². The molecule has 0 unspecified atom stereocenters. The lowest BCUT2D eigenvalue weighted by Gasteiger charge is -2.30. The number of benzene rings is 2. The number of nitrogens with two attached hydrogens (primary N) is 1. The van der Waals surface area contributed by atoms with Gasteiger partial charge in [0.05, 0.1) is 0 Å². The van der Waals surface area contributed by atoms with Crippen LogP contribution in [0.25, 0.3) is 0 Å². The third-order valence-electron chi connectivity index (χ3n) is 4.98. The van der Waals surface area contributed by atoms with Crippen molar-refractivity contribution < 1.29 is 4.79 Å². The molecule has 4 heteroatoms. The average Bonchev–Trinajstić information content (AvgIpc) is 2.62. The highest BCUT2D eigenvalue weighted by molar-refractivity contribution is 5.94. The number of rotatable bonds is 5. The van der Waals surface area contributed by atoms with E-state index in [0.717, 1.165) is 25.6 Å². The number of nitrogens with zero attached hydrogens (tertiary/aromatic N) is 1. The number of hydrogen-bond acceptors (Lipinski definition) is 3. The lowest BCUT2D eigenvalue weighted by Crippen LogP contribution is -2.33. The van der Waals surface area contributed by atoms with Gasteiger partial charge in [0.25, 0.3) is 5.91 Å². The number of nitrogens with one attached hydrogen (secondary N) is 1. The minimum Gasteiger partial charge on any atom is -0.399 e. The Balaban J connectivity index is 1.62. The summed E-state index contributed by atoms with van der Waals surface area (Å²) in [6.07, 6.45) is 2.54. The van der Waals surface area contributed by atoms with Gasteiger partial charge < -0.3 is 11.1 Å². The van der Waals surface area contributed by atoms with Gasteiger partial charge in [0, 0.05) is 24.3 Å². The van der Waals surface area contributed by atoms with Gasteiger partial charge in [-0.1, -0.05) is 37.3 Å². The molecule has 1 saturated heterocycles. The third-order valence-corrected chi connectivity index (χ3v) is 4.98. The van der Waals surface area contributed by atoms with Crippen LogP contribution in [0.4, 0.5) is 5.69 Å². The number of hydrogen-bond donors (Lipinski definition) is 2. The fraction of sp³-hybridized carbons (Fsp3) is 0.381. The molecule has 1 heterocycles. The minimum absolute atomic E-state index is 0.0890. The smallest absolute Gasteiger partial charge is 0.251 e. The SMILES string of the molecule is CC1CCN(Cc2ccccc2CNC(=O)c2cccc(N)c2)CC1. The highest BCUT2D eigenvalue weighted by atomic mass is 16.1. The molecule has 0 saturated carbocycles. The molecule has 1 fully saturated rings. The molecule has 1 amide bonds. The summed E-state index contributed by atoms with van der Waals surface area (Å²) in [7, 11) is 0. The van der Waals surface area contributed by atoms with Crippen LogP contribution in [-0.2, 0) is 13.1 Å². The fourth-order valence-corrected chi connectivity index (χ4v) is 3.30. The summed E-state index contributed by atoms with van der Waals surface area (Å²) < 4.78 is 0. The molecule has 25 heavy (non-hydrogen) atoms. The van der Waals surface area contributed by atoms with Crippen molar-refractivity contribution in [3.05, 3.63) is 65.2 Å². The van der Waals surface area contributed by atoms with E-state index in [-0.39, 0.29) is 5.91 Å². The summed E-state index contributed by atoms with van der Waals surface area (Å²) in [4.78, 5) is 14.8. The van der Waals surface area contributed by atoms with Crippen LogP contribution in [0.5, 0.6) is 0 Å². The Morgan fingerprint density at radius 1 is 1.12 bits per heavy atom. The Morgan fingerprint density at radius 3 is 2.56 bits per heavy atom. The van der Waals surface area contributed by atoms with E-state index in [4.69, 9.17) is 5.73 Å². The Morgan fingerprint density at radius 2 is 1.84 bits per heavy atom. The zero-order valence-electron chi connectivity index (χ0n) is 14.9. The minimum atomic E-state index is -0.0890. The number of nitrogen functional groups attached to an aromatic ring is 1. The summed E-state index contributed by atoms with van der Waals surface area (Å²) in [5.41, 5.74) is 9.43. The van der Waals surface area contributed by atoms with Crippen molar-refractivity contribution in [2.24, 2.45) is 5.92 Å². The molecule has 3 N–H and O–H groups in total. The van der Waals surface area contributed by atoms with Crippen molar-refractivity contribution >= 4 is 11.6 Å². The van der Waals surface area contributed by atoms with Crippen LogP contribution in [0.1, 0.15) is 41.3 Å². The summed E-state index contributed by atoms with van der Waals surface area (Å²) in [5.74, 6) is 0.748. The fourth-order valence-electron chi connectivity index (χ4n) is 3.30. The zero-order valence-corrected chi connectivity index (χ0v) is 14.9. The number of carbonyl (C=O) groups is 1. The molecule has 0 radical (unpaired) electrons. The number of carbonyl (C=O) groups excluding carboxylic acids is 1. The van der Waals surface area contributed by atoms with Gasteiger partial charge in [0.15, 0.2) is 0 Å². The Bertz CT molecular complexity index is 721. The van der Waals surface area contributed by atoms with E-state index in [1.54, 1.807) is 24.3 Å². The largest absolute Gasteiger partial charge is 0.399 e. The van der Waals surface area contributed by atoms with Gasteiger partial charge in [0.1, 0.15) is 0 Å². The Hall–Kier alpha value is -2.33. The van der Waals surface area contributed by atoms with Crippen molar-refractivity contribution in [2.45, 2.75) is 32.9 Å². The molecule has 2 aromatic rings. The van der Waals surface area contributed by atoms with Gasteiger partial charge >= 0.3 is 0 Å². The maximum Gasteiger partial charge on any atom is 0.251 e. The van der Waals surface area contributed by atoms with E-state index in [0.29, 0.717) is 17.8 Å². The normalized spacial score (nSPS) is 15.9. The Labute approximate surface area is 150 Å². The molecule has 0 atom stereocenters. The van der Waals surface area contributed by atoms with Gasteiger partial charge in [0.2, 0.25) is 0 Å². The van der Waals surface area contributed by atoms with Crippen molar-refractivity contribution in [1.29, 1.82) is 0 Å². The number of amides is 1. The summed E-state index contributed by atoms with van der Waals surface area (Å²) in [5, 5.41) is 3.01. The van der Waals surface area contributed by atoms with Crippen LogP contribution < -0.4 is 11.1 Å². The number of piperidine rings is 1. The van der Waals surface area contributed by atoms with Crippen LogP contribution in [0.3, 0.4) is 0 Å². The molecule has 0 bridgehead atoms. The molecule has 0 aromatic heterocycles. The first-order valence-electron chi connectivity index (χ1n) is 9.04. The first-order valence-corrected chi connectivity index (χ1v) is 9.04. The Kier molecular flexibility index (Phi) is 5.71. The number of likely N-dealkylation sites (tertiary alicyclic amines) is 1. The monoisotopic (exact) mass is 337 g/mol. The van der Waals surface area contributed by atoms with Gasteiger partial charge in [-0.2, -0.15) is 0 Å². The predicted molar refractivity (Wildman–Crippen MR) is 102 cm³/mol. The molecule has 3 rings (SSSR count). The van der Waals surface area contributed by atoms with Crippen molar-refractivity contribution in [1.82, 2.24) is 10.2 Å². The molecule has 1 aliphatic heterocycles. The topological polar surface area (TPSA) is 58.4 Å². The number of anilines is 1. The molecular weight excluding hydrogens is 310 g/mol. The van der Waals surface area contributed by atoms with Crippen LogP contribution in [0.2, 0.25) is 0 Å². The van der Waals surface area contributed by atoms with Gasteiger partial charge in [-0.05, 0) is 61.2 Å². The van der Waals surface area contributed by atoms with E-state index in [1.165, 1.54) is 24.0 Å². The van der Waals surface area contributed by atoms with Gasteiger partial charge in [-0.25, -0.2) is 0 Å². The lowest BCUT2D eigenvalue weighted by molar-refractivity contribution is 0.0950. The van der Waals surface area contributed by atoms with E-state index in [9.17, 15) is 4.79 Å². The molecule has 2 aromatic carbocycles. The van der Waals surface area contributed by atoms with Crippen molar-refractivity contribution in [3.8, 4) is 0 Å². The van der Waals surface area contributed by atoms with Gasteiger partial charge in [-0.3, -0.25) is 9.69 Å². The highest BCUT2D eigenvalue weighted by Crippen LogP contribution is 2.19. The second kappa shape index (κ2) is 8.17. The van der Waals surface area contributed by atoms with Gasteiger partial charge in [-0.15, -0.1) is 0 Å². The average molecular weight is 337 g/mol. The standard InChI is InChI=1S/C21H27N3O/c1-16-9-11-24(12-10-16)15-19-6-3-2-5-18(19)14-23-21(25)17-7-4-8-20(22)13-17/h2-8,13,16H,9-12,14-15,22H2,1H3,(H,23,25). The van der Waals surface area contributed by atoms with Crippen LogP contribution in [0.15, 0.2) is 48.5 Å². The van der Waals surface area contributed by atoms with Crippen LogP contribution >= 0.6 is 0 Å². The quantitative estimate of drug-likeness (QED) is 0.822.